The van der Waals surface area contributed by atoms with Gasteiger partial charge in [0.15, 0.2) is 11.5 Å². The fourth-order valence-corrected chi connectivity index (χ4v) is 19.3. The molecule has 5 fully saturated rings. The lowest BCUT2D eigenvalue weighted by Gasteiger charge is -2.37. The van der Waals surface area contributed by atoms with Crippen LogP contribution < -0.4 is 31.7 Å². The molecule has 6 aliphatic rings. The molecule has 5 saturated heterocycles. The molecule has 6 aliphatic heterocycles. The normalized spacial score (nSPS) is 18.6. The molecular weight excluding hydrogens is 1750 g/mol. The van der Waals surface area contributed by atoms with Crippen LogP contribution in [0.5, 0.6) is 11.5 Å². The van der Waals surface area contributed by atoms with Crippen LogP contribution in [0.25, 0.3) is 22.1 Å². The molecule has 766 valence electrons. The summed E-state index contributed by atoms with van der Waals surface area (Å²) in [5.74, 6) is -1.95. The monoisotopic (exact) mass is 1920 g/mol. The third kappa shape index (κ3) is 30.7. The molecule has 16 rings (SSSR count). The van der Waals surface area contributed by atoms with E-state index in [1.54, 1.807) is 34.8 Å². The van der Waals surface area contributed by atoms with Crippen LogP contribution in [0.1, 0.15) is 337 Å². The van der Waals surface area contributed by atoms with Crippen molar-refractivity contribution in [3.8, 4) is 11.5 Å². The van der Waals surface area contributed by atoms with Crippen molar-refractivity contribution in [1.82, 2.24) is 57.0 Å². The second-order valence-electron chi connectivity index (χ2n) is 48.0. The molecule has 14 heterocycles. The third-order valence-corrected chi connectivity index (χ3v) is 27.3. The van der Waals surface area contributed by atoms with Crippen molar-refractivity contribution in [3.05, 3.63) is 256 Å². The molecule has 19 nitrogen and oxygen atoms in total. The Morgan fingerprint density at radius 2 is 0.835 bits per heavy atom. The van der Waals surface area contributed by atoms with E-state index in [2.05, 4.69) is 217 Å². The molecule has 0 spiro atoms. The van der Waals surface area contributed by atoms with E-state index in [1.165, 1.54) is 74.5 Å². The van der Waals surface area contributed by atoms with Crippen molar-refractivity contribution < 1.29 is 31.8 Å². The van der Waals surface area contributed by atoms with Gasteiger partial charge in [0.1, 0.15) is 42.5 Å². The van der Waals surface area contributed by atoms with Crippen LogP contribution in [0, 0.1) is 19.7 Å². The number of aryl methyl sites for hydroxylation is 2. The molecule has 0 saturated carbocycles. The number of pyridine rings is 6. The van der Waals surface area contributed by atoms with Gasteiger partial charge in [-0.2, -0.15) is 0 Å². The van der Waals surface area contributed by atoms with Gasteiger partial charge in [0.05, 0.1) is 12.6 Å². The van der Waals surface area contributed by atoms with Crippen molar-refractivity contribution in [2.75, 3.05) is 106 Å². The first-order valence-corrected chi connectivity index (χ1v) is 51.0. The number of halogens is 4. The standard InChI is InChI=1S/C17H28N2O.C16H22N2O.C15H22F2N2O.C15H23FN2O.C15H24N2O.C14H20N2.C12H15FO2.C12H18/c1-5-10-18-12-8-14(9-13-18)19-11-6-7-15(16(19)20)17(2,3)4;1-16(2,3)14-11-18(12-6-9-19-10-7-12)15-13(14)5-4-8-17-15;1-14(2,3)11-6-5-8-19(13(11)20)12-7-9-18(4)10-15(12,16)17;1-15(2,3)11-6-5-8-18(14(11)19)13-7-9-17(4)10-12(13)16;1-15(2,3)13-6-5-9-17(14(13)18)12-7-10-16(4)11-8-12;1-10(2)16-9-12(14(3,4)5)11-7-6-8-15-13(11)16;1-12(2,3)9-6-8(13)7-10-11(9)15-5-4-14-10;1-9-6-10(2)8-11(7-9)12(3,4)5/h6-7,11,14H,5,8-10,12-13H2,1-4H3;4-5,8,11-12H,6-7,9-10H2,1-3H3;5-6,8,12H,7,9-10H2,1-4H3;5-6,8,12-13H,7,9-10H2,1-4H3;5-6,9,12H,7-8,10-11H2,1-4H3;6-10H,1-5H3;6-7H,4-5H2,1-3H3;6-8H,1-5H3. The predicted octanol–water partition coefficient (Wildman–Crippen LogP) is 24.7. The summed E-state index contributed by atoms with van der Waals surface area (Å²) in [4.78, 5) is 67.8. The molecule has 3 unspecified atom stereocenters. The lowest BCUT2D eigenvalue weighted by atomic mass is 9.85. The summed E-state index contributed by atoms with van der Waals surface area (Å²) < 4.78 is 83.7. The van der Waals surface area contributed by atoms with E-state index in [-0.39, 0.29) is 90.4 Å². The van der Waals surface area contributed by atoms with Gasteiger partial charge in [-0.15, -0.1) is 0 Å². The van der Waals surface area contributed by atoms with Gasteiger partial charge < -0.3 is 61.2 Å². The Bertz CT molecular complexity index is 5860. The van der Waals surface area contributed by atoms with Gasteiger partial charge in [-0.1, -0.05) is 227 Å². The van der Waals surface area contributed by atoms with Crippen molar-refractivity contribution in [2.24, 2.45) is 0 Å². The van der Waals surface area contributed by atoms with Crippen molar-refractivity contribution >= 4 is 22.1 Å². The summed E-state index contributed by atoms with van der Waals surface area (Å²) in [5.41, 5.74) is 13.0. The Labute approximate surface area is 829 Å². The second-order valence-corrected chi connectivity index (χ2v) is 48.0. The van der Waals surface area contributed by atoms with Gasteiger partial charge in [0, 0.05) is 164 Å². The summed E-state index contributed by atoms with van der Waals surface area (Å²) in [6.07, 6.45) is 23.2. The van der Waals surface area contributed by atoms with Crippen molar-refractivity contribution in [1.29, 1.82) is 0 Å². The molecule has 2 aromatic carbocycles. The number of benzene rings is 2. The van der Waals surface area contributed by atoms with E-state index < -0.39 is 18.1 Å². The van der Waals surface area contributed by atoms with Gasteiger partial charge in [-0.3, -0.25) is 19.2 Å². The summed E-state index contributed by atoms with van der Waals surface area (Å²) in [6, 6.07) is 33.5. The Morgan fingerprint density at radius 1 is 0.424 bits per heavy atom. The van der Waals surface area contributed by atoms with E-state index in [4.69, 9.17) is 14.2 Å². The minimum Gasteiger partial charge on any atom is -0.486 e. The van der Waals surface area contributed by atoms with Crippen molar-refractivity contribution in [3.63, 3.8) is 0 Å². The third-order valence-electron chi connectivity index (χ3n) is 27.3. The Morgan fingerprint density at radius 3 is 1.29 bits per heavy atom. The molecule has 0 aliphatic carbocycles. The zero-order valence-corrected chi connectivity index (χ0v) is 90.8. The number of hydrogen-bond donors (Lipinski definition) is 0. The highest BCUT2D eigenvalue weighted by Crippen LogP contribution is 2.43. The minimum absolute atomic E-state index is 0.0489. The van der Waals surface area contributed by atoms with Crippen LogP contribution >= 0.6 is 0 Å². The number of rotatable bonds is 8. The highest BCUT2D eigenvalue weighted by molar-refractivity contribution is 5.82. The lowest BCUT2D eigenvalue weighted by Crippen LogP contribution is -2.50. The molecule has 8 aromatic heterocycles. The lowest BCUT2D eigenvalue weighted by molar-refractivity contribution is -0.0990. The molecule has 3 atom stereocenters. The zero-order valence-electron chi connectivity index (χ0n) is 90.8. The van der Waals surface area contributed by atoms with E-state index in [0.29, 0.717) is 74.0 Å². The predicted molar refractivity (Wildman–Crippen MR) is 568 cm³/mol. The number of ether oxygens (including phenoxy) is 3. The topological polar surface area (TPSA) is 164 Å². The van der Waals surface area contributed by atoms with Crippen molar-refractivity contribution in [2.45, 2.75) is 350 Å². The van der Waals surface area contributed by atoms with Gasteiger partial charge in [0.25, 0.3) is 28.2 Å². The highest BCUT2D eigenvalue weighted by Gasteiger charge is 2.46. The number of alkyl halides is 3. The zero-order chi connectivity index (χ0) is 103. The first-order chi connectivity index (χ1) is 64.6. The number of aromatic nitrogens is 8. The Hall–Kier alpha value is -9.26. The number of piperidine rings is 4. The summed E-state index contributed by atoms with van der Waals surface area (Å²) in [6.45, 7) is 71.5. The van der Waals surface area contributed by atoms with Gasteiger partial charge >= 0.3 is 0 Å². The van der Waals surface area contributed by atoms with Crippen LogP contribution in [0.4, 0.5) is 17.6 Å². The van der Waals surface area contributed by atoms with Crippen LogP contribution in [-0.4, -0.2) is 176 Å². The van der Waals surface area contributed by atoms with E-state index in [0.717, 1.165) is 118 Å². The molecule has 0 amide bonds. The fourth-order valence-electron chi connectivity index (χ4n) is 19.3. The van der Waals surface area contributed by atoms with Crippen LogP contribution in [-0.2, 0) is 48.1 Å². The van der Waals surface area contributed by atoms with E-state index >= 15 is 0 Å². The first-order valence-electron chi connectivity index (χ1n) is 51.0. The smallest absolute Gasteiger partial charge is 0.280 e. The van der Waals surface area contributed by atoms with E-state index in [1.807, 2.05) is 157 Å². The van der Waals surface area contributed by atoms with Crippen LogP contribution in [0.2, 0.25) is 0 Å². The minimum atomic E-state index is -2.88. The van der Waals surface area contributed by atoms with Crippen LogP contribution in [0.3, 0.4) is 0 Å². The number of hydrogen-bond acceptors (Lipinski definition) is 13. The summed E-state index contributed by atoms with van der Waals surface area (Å²) >= 11 is 0. The molecule has 10 aromatic rings. The molecule has 0 bridgehead atoms. The summed E-state index contributed by atoms with van der Waals surface area (Å²) in [7, 11) is 5.74. The number of nitrogens with zero attached hydrogens (tertiary/aromatic N) is 12. The largest absolute Gasteiger partial charge is 0.486 e. The average molecular weight is 1920 g/mol. The van der Waals surface area contributed by atoms with Gasteiger partial charge in [0.2, 0.25) is 0 Å². The molecule has 139 heavy (non-hydrogen) atoms. The average Bonchev–Trinajstić information content (AvgIpc) is 1.72. The molecule has 0 N–H and O–H groups in total. The molecule has 23 heteroatoms. The maximum atomic E-state index is 14.2. The maximum absolute atomic E-state index is 14.2. The van der Waals surface area contributed by atoms with E-state index in [9.17, 15) is 36.7 Å². The molecular formula is C116H172F4N12O7. The number of likely N-dealkylation sites (tertiary alicyclic amines) is 4. The SMILES string of the molecule is CC(C)(C)c1cc(F)cc2c1OCCO2.CC(C)(C)c1cn(C2CCOCC2)c2ncccc12.CC(C)n1cc(C(C)(C)C)c2cccnc21.CCCN1CCC(n2cccc(C(C)(C)C)c2=O)CC1.CN1CCC(n2cccc(C(C)(C)C)c2=O)C(F)(F)C1.CN1CCC(n2cccc(C(C)(C)C)c2=O)C(F)C1.CN1CCC(n2cccc(C(C)(C)C)c2=O)CC1.Cc1cc(C)cc(C(C)(C)C)c1. The number of fused-ring (bicyclic) bond motifs is 3. The fraction of sp³-hybridized carbons (Fsp3) is 0.603. The first kappa shape index (κ1) is 113. The van der Waals surface area contributed by atoms with Gasteiger partial charge in [-0.25, -0.2) is 27.5 Å². The highest BCUT2D eigenvalue weighted by atomic mass is 19.3. The maximum Gasteiger partial charge on any atom is 0.280 e. The van der Waals surface area contributed by atoms with Gasteiger partial charge in [-0.05, 0) is 241 Å². The Kier molecular flexibility index (Phi) is 38.6. The quantitative estimate of drug-likeness (QED) is 0.132. The Balaban J connectivity index is 0.000000178. The molecule has 0 radical (unpaired) electrons. The van der Waals surface area contributed by atoms with Crippen LogP contribution in [0.15, 0.2) is 172 Å². The second kappa shape index (κ2) is 47.3. The summed E-state index contributed by atoms with van der Waals surface area (Å²) in [5, 5.41) is 2.57.